The Bertz CT molecular complexity index is 1460. The van der Waals surface area contributed by atoms with E-state index in [9.17, 15) is 28.5 Å². The molecule has 4 N–H and O–H groups in total. The number of hydrogen-bond donors (Lipinski definition) is 4. The standard InChI is InChI=1S/C30H34N2O9S/c33-25-12-11-21(16-26(25)34)17-32(42(37,38)22-9-5-2-6-10-22)18-27(35)24(15-20-7-3-1-4-8-20)31-30(36)41-28-19-40-29-23(28)13-14-39-29/h1-12,16,23-24,27-29,33-35H,13-15,17-19H2,(H,31,36). The summed E-state index contributed by atoms with van der Waals surface area (Å²) in [6.07, 6.45) is -2.10. The van der Waals surface area contributed by atoms with Gasteiger partial charge in [-0.3, -0.25) is 0 Å². The number of nitrogens with zero attached hydrogens (tertiary/aromatic N) is 1. The molecule has 2 fully saturated rings. The Hall–Kier alpha value is -3.68. The van der Waals surface area contributed by atoms with E-state index in [1.807, 2.05) is 30.3 Å². The summed E-state index contributed by atoms with van der Waals surface area (Å²) in [7, 11) is -4.13. The molecule has 0 aliphatic carbocycles. The van der Waals surface area contributed by atoms with Gasteiger partial charge in [0, 0.05) is 13.1 Å². The molecule has 0 radical (unpaired) electrons. The number of ether oxygens (including phenoxy) is 3. The number of benzene rings is 3. The maximum Gasteiger partial charge on any atom is 0.407 e. The number of rotatable bonds is 11. The van der Waals surface area contributed by atoms with Gasteiger partial charge in [-0.25, -0.2) is 13.2 Å². The summed E-state index contributed by atoms with van der Waals surface area (Å²) in [5, 5.41) is 33.9. The monoisotopic (exact) mass is 598 g/mol. The fourth-order valence-electron chi connectivity index (χ4n) is 5.22. The number of amides is 1. The van der Waals surface area contributed by atoms with Crippen molar-refractivity contribution in [1.82, 2.24) is 9.62 Å². The van der Waals surface area contributed by atoms with Crippen LogP contribution < -0.4 is 5.32 Å². The van der Waals surface area contributed by atoms with Gasteiger partial charge in [0.1, 0.15) is 6.10 Å². The van der Waals surface area contributed by atoms with E-state index in [0.29, 0.717) is 18.6 Å². The van der Waals surface area contributed by atoms with Crippen molar-refractivity contribution in [1.29, 1.82) is 0 Å². The van der Waals surface area contributed by atoms with Gasteiger partial charge in [-0.2, -0.15) is 4.31 Å². The zero-order valence-corrected chi connectivity index (χ0v) is 23.6. The van der Waals surface area contributed by atoms with Crippen LogP contribution in [0, 0.1) is 5.92 Å². The molecular weight excluding hydrogens is 564 g/mol. The maximum atomic E-state index is 13.7. The van der Waals surface area contributed by atoms with E-state index >= 15 is 0 Å². The van der Waals surface area contributed by atoms with Gasteiger partial charge in [0.15, 0.2) is 17.8 Å². The smallest absolute Gasteiger partial charge is 0.407 e. The van der Waals surface area contributed by atoms with Gasteiger partial charge in [-0.05, 0) is 48.2 Å². The second-order valence-corrected chi connectivity index (χ2v) is 12.3. The first-order valence-electron chi connectivity index (χ1n) is 13.7. The van der Waals surface area contributed by atoms with E-state index in [1.54, 1.807) is 18.2 Å². The molecular formula is C30H34N2O9S. The number of alkyl carbamates (subject to hydrolysis) is 1. The molecule has 5 unspecified atom stereocenters. The van der Waals surface area contributed by atoms with Crippen molar-refractivity contribution in [2.75, 3.05) is 19.8 Å². The highest BCUT2D eigenvalue weighted by Gasteiger charge is 2.44. The molecule has 2 saturated heterocycles. The van der Waals surface area contributed by atoms with Gasteiger partial charge < -0.3 is 34.8 Å². The van der Waals surface area contributed by atoms with Crippen LogP contribution in [0.3, 0.4) is 0 Å². The molecule has 0 aromatic heterocycles. The van der Waals surface area contributed by atoms with E-state index in [4.69, 9.17) is 14.2 Å². The average Bonchev–Trinajstić information content (AvgIpc) is 3.60. The number of aliphatic hydroxyl groups excluding tert-OH is 1. The van der Waals surface area contributed by atoms with Crippen molar-refractivity contribution in [3.63, 3.8) is 0 Å². The predicted octanol–water partition coefficient (Wildman–Crippen LogP) is 2.75. The molecule has 5 atom stereocenters. The number of phenols is 2. The summed E-state index contributed by atoms with van der Waals surface area (Å²) in [6.45, 7) is 0.128. The van der Waals surface area contributed by atoms with Crippen LogP contribution in [0.2, 0.25) is 0 Å². The van der Waals surface area contributed by atoms with Crippen LogP contribution in [0.5, 0.6) is 11.5 Å². The highest BCUT2D eigenvalue weighted by molar-refractivity contribution is 7.89. The van der Waals surface area contributed by atoms with Gasteiger partial charge in [0.25, 0.3) is 0 Å². The van der Waals surface area contributed by atoms with Gasteiger partial charge in [-0.15, -0.1) is 0 Å². The molecule has 0 bridgehead atoms. The lowest BCUT2D eigenvalue weighted by atomic mass is 10.0. The molecule has 12 heteroatoms. The van der Waals surface area contributed by atoms with Gasteiger partial charge in [0.05, 0.1) is 36.2 Å². The minimum atomic E-state index is -4.13. The van der Waals surface area contributed by atoms with Crippen molar-refractivity contribution in [3.8, 4) is 11.5 Å². The third-order valence-electron chi connectivity index (χ3n) is 7.48. The Labute approximate surface area is 244 Å². The van der Waals surface area contributed by atoms with Crippen molar-refractivity contribution in [3.05, 3.63) is 90.0 Å². The topological polar surface area (TPSA) is 155 Å². The van der Waals surface area contributed by atoms with Crippen LogP contribution in [-0.2, 0) is 37.2 Å². The van der Waals surface area contributed by atoms with Crippen LogP contribution in [0.1, 0.15) is 17.5 Å². The number of nitrogens with one attached hydrogen (secondary N) is 1. The van der Waals surface area contributed by atoms with Crippen LogP contribution in [0.25, 0.3) is 0 Å². The lowest BCUT2D eigenvalue weighted by molar-refractivity contribution is -0.0907. The summed E-state index contributed by atoms with van der Waals surface area (Å²) in [6, 6.07) is 20.1. The molecule has 0 saturated carbocycles. The normalized spacial score (nSPS) is 21.5. The summed E-state index contributed by atoms with van der Waals surface area (Å²) < 4.78 is 45.2. The van der Waals surface area contributed by atoms with Crippen molar-refractivity contribution in [2.24, 2.45) is 5.92 Å². The number of fused-ring (bicyclic) bond motifs is 1. The molecule has 2 aliphatic heterocycles. The zero-order valence-electron chi connectivity index (χ0n) is 22.8. The number of hydrogen-bond acceptors (Lipinski definition) is 9. The number of sulfonamides is 1. The third kappa shape index (κ3) is 7.02. The van der Waals surface area contributed by atoms with E-state index in [-0.39, 0.29) is 42.7 Å². The molecule has 11 nitrogen and oxygen atoms in total. The van der Waals surface area contributed by atoms with Crippen LogP contribution in [0.4, 0.5) is 4.79 Å². The summed E-state index contributed by atoms with van der Waals surface area (Å²) in [4.78, 5) is 13.0. The fourth-order valence-corrected chi connectivity index (χ4v) is 6.68. The summed E-state index contributed by atoms with van der Waals surface area (Å²) >= 11 is 0. The number of carbonyl (C=O) groups excluding carboxylic acids is 1. The molecule has 3 aromatic carbocycles. The van der Waals surface area contributed by atoms with Gasteiger partial charge in [0.2, 0.25) is 10.0 Å². The van der Waals surface area contributed by atoms with Gasteiger partial charge >= 0.3 is 6.09 Å². The highest BCUT2D eigenvalue weighted by atomic mass is 32.2. The summed E-state index contributed by atoms with van der Waals surface area (Å²) in [5.41, 5.74) is 1.20. The first-order chi connectivity index (χ1) is 20.2. The Balaban J connectivity index is 1.37. The second kappa shape index (κ2) is 13.1. The molecule has 2 aliphatic rings. The van der Waals surface area contributed by atoms with E-state index in [2.05, 4.69) is 5.32 Å². The van der Waals surface area contributed by atoms with Crippen LogP contribution in [0.15, 0.2) is 83.8 Å². The van der Waals surface area contributed by atoms with Gasteiger partial charge in [-0.1, -0.05) is 54.6 Å². The number of aromatic hydroxyl groups is 2. The zero-order chi connectivity index (χ0) is 29.7. The predicted molar refractivity (Wildman–Crippen MR) is 151 cm³/mol. The lowest BCUT2D eigenvalue weighted by Gasteiger charge is -2.30. The molecule has 2 heterocycles. The minimum absolute atomic E-state index is 0.0155. The molecule has 42 heavy (non-hydrogen) atoms. The largest absolute Gasteiger partial charge is 0.504 e. The van der Waals surface area contributed by atoms with Crippen LogP contribution >= 0.6 is 0 Å². The van der Waals surface area contributed by atoms with Crippen molar-refractivity contribution in [2.45, 2.75) is 48.8 Å². The van der Waals surface area contributed by atoms with E-state index in [0.717, 1.165) is 9.87 Å². The Morgan fingerprint density at radius 2 is 1.69 bits per heavy atom. The second-order valence-electron chi connectivity index (χ2n) is 10.4. The first-order valence-corrected chi connectivity index (χ1v) is 15.1. The average molecular weight is 599 g/mol. The Morgan fingerprint density at radius 1 is 0.976 bits per heavy atom. The SMILES string of the molecule is O=C(NC(Cc1ccccc1)C(O)CN(Cc1ccc(O)c(O)c1)S(=O)(=O)c1ccccc1)OC1COC2OCCC12. The lowest BCUT2D eigenvalue weighted by Crippen LogP contribution is -2.51. The van der Waals surface area contributed by atoms with Crippen molar-refractivity contribution >= 4 is 16.1 Å². The molecule has 5 rings (SSSR count). The summed E-state index contributed by atoms with van der Waals surface area (Å²) in [5.74, 6) is -0.811. The Morgan fingerprint density at radius 3 is 2.40 bits per heavy atom. The molecule has 0 spiro atoms. The molecule has 1 amide bonds. The van der Waals surface area contributed by atoms with E-state index < -0.39 is 46.4 Å². The molecule has 224 valence electrons. The number of carbonyl (C=O) groups is 1. The number of phenolic OH excluding ortho intramolecular Hbond substituents is 2. The number of aliphatic hydroxyl groups is 1. The quantitative estimate of drug-likeness (QED) is 0.244. The third-order valence-corrected chi connectivity index (χ3v) is 9.31. The molecule has 3 aromatic rings. The minimum Gasteiger partial charge on any atom is -0.504 e. The Kier molecular flexibility index (Phi) is 9.29. The first kappa shape index (κ1) is 29.8. The highest BCUT2D eigenvalue weighted by Crippen LogP contribution is 2.33. The van der Waals surface area contributed by atoms with Crippen molar-refractivity contribution < 1.29 is 42.7 Å². The van der Waals surface area contributed by atoms with Crippen LogP contribution in [-0.4, -0.2) is 78.4 Å². The fraction of sp³-hybridized carbons (Fsp3) is 0.367. The van der Waals surface area contributed by atoms with E-state index in [1.165, 1.54) is 30.3 Å². The maximum absolute atomic E-state index is 13.7.